The molecule has 0 aromatic carbocycles. The fraction of sp³-hybridized carbons (Fsp3) is 0.667. The van der Waals surface area contributed by atoms with Gasteiger partial charge in [0.15, 0.2) is 0 Å². The maximum atomic E-state index is 9.22. The largest absolute Gasteiger partial charge is 0.370 e. The summed E-state index contributed by atoms with van der Waals surface area (Å²) >= 11 is 9.53. The van der Waals surface area contributed by atoms with Crippen LogP contribution in [0.5, 0.6) is 0 Å². The molecule has 0 aliphatic carbocycles. The molecule has 7 heavy (non-hydrogen) atoms. The molecular weight excluding hydrogens is 137 g/mol. The van der Waals surface area contributed by atoms with Crippen LogP contribution in [0.15, 0.2) is 0 Å². The van der Waals surface area contributed by atoms with Crippen LogP contribution >= 0.6 is 23.2 Å². The summed E-state index contributed by atoms with van der Waals surface area (Å²) in [5.74, 6) is -0.333. The minimum Gasteiger partial charge on any atom is -0.370 e. The van der Waals surface area contributed by atoms with Gasteiger partial charge in [-0.15, -0.1) is 23.2 Å². The quantitative estimate of drug-likeness (QED) is 0.504. The van der Waals surface area contributed by atoms with E-state index in [0.29, 0.717) is 0 Å². The van der Waals surface area contributed by atoms with Crippen molar-refractivity contribution in [3.8, 4) is 0 Å². The lowest BCUT2D eigenvalue weighted by atomic mass is 10.8. The molecule has 0 aliphatic rings. The molecular formula is C3H7Cl2NO. The molecule has 4 heteroatoms. The van der Waals surface area contributed by atoms with E-state index in [-0.39, 0.29) is 11.2 Å². The predicted molar refractivity (Wildman–Crippen MR) is 31.4 cm³/mol. The lowest BCUT2D eigenvalue weighted by Crippen LogP contribution is -2.01. The smallest absolute Gasteiger partial charge is 0.214 e. The Hall–Kier alpha value is 0.0500. The van der Waals surface area contributed by atoms with E-state index >= 15 is 0 Å². The first-order valence-electron chi connectivity index (χ1n) is 1.53. The van der Waals surface area contributed by atoms with Crippen LogP contribution in [-0.2, 0) is 4.79 Å². The number of amides is 1. The third kappa shape index (κ3) is 39700. The van der Waals surface area contributed by atoms with Crippen molar-refractivity contribution in [3.05, 3.63) is 0 Å². The first-order valence-corrected chi connectivity index (χ1v) is 2.60. The Labute approximate surface area is 52.6 Å². The summed E-state index contributed by atoms with van der Waals surface area (Å²) < 4.78 is 0. The Morgan fingerprint density at radius 3 is 1.71 bits per heavy atom. The molecule has 0 aliphatic heterocycles. The minimum absolute atomic E-state index is 0.194. The molecule has 0 fully saturated rings. The van der Waals surface area contributed by atoms with Crippen molar-refractivity contribution >= 4 is 29.1 Å². The highest BCUT2D eigenvalue weighted by Gasteiger charge is 1.61. The highest BCUT2D eigenvalue weighted by Crippen LogP contribution is 1.73. The van der Waals surface area contributed by atoms with Crippen molar-refractivity contribution in [2.24, 2.45) is 5.73 Å². The normalized spacial score (nSPS) is 6.14. The first-order chi connectivity index (χ1) is 3.15. The Morgan fingerprint density at radius 1 is 1.71 bits per heavy atom. The highest BCUT2D eigenvalue weighted by molar-refractivity contribution is 6.40. The molecule has 0 atom stereocenters. The van der Waals surface area contributed by atoms with E-state index in [1.54, 1.807) is 0 Å². The molecule has 0 aromatic rings. The van der Waals surface area contributed by atoms with Crippen molar-refractivity contribution in [2.45, 2.75) is 6.92 Å². The van der Waals surface area contributed by atoms with E-state index in [2.05, 4.69) is 5.73 Å². The van der Waals surface area contributed by atoms with Gasteiger partial charge < -0.3 is 5.73 Å². The van der Waals surface area contributed by atoms with Crippen molar-refractivity contribution in [1.82, 2.24) is 0 Å². The second-order valence-corrected chi connectivity index (χ2v) is 1.52. The van der Waals surface area contributed by atoms with Crippen LogP contribution < -0.4 is 5.73 Å². The van der Waals surface area contributed by atoms with Gasteiger partial charge >= 0.3 is 0 Å². The molecule has 44 valence electrons. The topological polar surface area (TPSA) is 43.1 Å². The molecule has 0 aromatic heterocycles. The molecule has 1 amide bonds. The van der Waals surface area contributed by atoms with E-state index in [0.717, 1.165) is 0 Å². The van der Waals surface area contributed by atoms with Gasteiger partial charge in [-0.05, 0) is 0 Å². The Balaban J connectivity index is 0. The zero-order valence-corrected chi connectivity index (χ0v) is 5.46. The zero-order valence-electron chi connectivity index (χ0n) is 3.95. The van der Waals surface area contributed by atoms with Crippen LogP contribution in [0.25, 0.3) is 0 Å². The number of hydrogen-bond acceptors (Lipinski definition) is 1. The molecule has 2 N–H and O–H groups in total. The number of nitrogens with two attached hydrogens (primary N) is 1. The van der Waals surface area contributed by atoms with E-state index in [1.807, 2.05) is 0 Å². The van der Waals surface area contributed by atoms with Gasteiger partial charge in [0.1, 0.15) is 0 Å². The second kappa shape index (κ2) is 9.41. The number of carbonyl (C=O) groups excluding carboxylic acids is 1. The van der Waals surface area contributed by atoms with Crippen LogP contribution in [-0.4, -0.2) is 11.2 Å². The maximum Gasteiger partial charge on any atom is 0.214 e. The molecule has 0 saturated carbocycles. The number of carbonyl (C=O) groups is 1. The zero-order chi connectivity index (χ0) is 6.28. The highest BCUT2D eigenvalue weighted by atomic mass is 35.5. The Morgan fingerprint density at radius 2 is 1.71 bits per heavy atom. The number of primary amides is 1. The van der Waals surface area contributed by atoms with Gasteiger partial charge in [0, 0.05) is 6.92 Å². The van der Waals surface area contributed by atoms with Gasteiger partial charge in [-0.1, -0.05) is 0 Å². The van der Waals surface area contributed by atoms with Gasteiger partial charge in [0.2, 0.25) is 5.91 Å². The minimum atomic E-state index is -0.333. The fourth-order valence-electron chi connectivity index (χ4n) is 0. The summed E-state index contributed by atoms with van der Waals surface area (Å²) in [6.07, 6.45) is 0. The third-order valence-electron chi connectivity index (χ3n) is 0. The summed E-state index contributed by atoms with van der Waals surface area (Å²) in [6, 6.07) is 0. The van der Waals surface area contributed by atoms with Crippen molar-refractivity contribution in [3.63, 3.8) is 0 Å². The number of hydrogen-bond donors (Lipinski definition) is 1. The maximum absolute atomic E-state index is 9.22. The van der Waals surface area contributed by atoms with Gasteiger partial charge in [-0.2, -0.15) is 0 Å². The van der Waals surface area contributed by atoms with Crippen molar-refractivity contribution < 1.29 is 4.79 Å². The average Bonchev–Trinajstić information content (AvgIpc) is 1.33. The molecule has 0 heterocycles. The van der Waals surface area contributed by atoms with Crippen LogP contribution in [0.4, 0.5) is 0 Å². The van der Waals surface area contributed by atoms with Gasteiger partial charge in [0.05, 0.1) is 5.34 Å². The van der Waals surface area contributed by atoms with Crippen molar-refractivity contribution in [2.75, 3.05) is 5.34 Å². The Kier molecular flexibility index (Phi) is 13.6. The van der Waals surface area contributed by atoms with Crippen LogP contribution in [0.3, 0.4) is 0 Å². The van der Waals surface area contributed by atoms with Crippen LogP contribution in [0, 0.1) is 0 Å². The summed E-state index contributed by atoms with van der Waals surface area (Å²) in [7, 11) is 0. The lowest BCUT2D eigenvalue weighted by molar-refractivity contribution is -0.115. The summed E-state index contributed by atoms with van der Waals surface area (Å²) in [5, 5.41) is 0.194. The molecule has 0 spiro atoms. The fourth-order valence-corrected chi connectivity index (χ4v) is 0. The lowest BCUT2D eigenvalue weighted by Gasteiger charge is -1.60. The summed E-state index contributed by atoms with van der Waals surface area (Å²) in [4.78, 5) is 9.22. The van der Waals surface area contributed by atoms with E-state index in [1.165, 1.54) is 6.92 Å². The van der Waals surface area contributed by atoms with Gasteiger partial charge in [-0.3, -0.25) is 4.79 Å². The number of halogens is 2. The molecule has 2 nitrogen and oxygen atoms in total. The first kappa shape index (κ1) is 10.1. The van der Waals surface area contributed by atoms with Crippen LogP contribution in [0.2, 0.25) is 0 Å². The summed E-state index contributed by atoms with van der Waals surface area (Å²) in [5.41, 5.74) is 4.47. The third-order valence-corrected chi connectivity index (χ3v) is 0. The molecule has 0 bridgehead atoms. The second-order valence-electron chi connectivity index (χ2n) is 0.712. The number of alkyl halides is 2. The standard InChI is InChI=1S/C2H5NO.CH2Cl2/c1-2(3)4;2-1-3/h1H3,(H2,3,4);1H2. The average molecular weight is 144 g/mol. The van der Waals surface area contributed by atoms with Gasteiger partial charge in [-0.25, -0.2) is 0 Å². The Bertz CT molecular complexity index is 44.2. The SMILES string of the molecule is CC(N)=O.ClCCl. The van der Waals surface area contributed by atoms with E-state index in [4.69, 9.17) is 23.2 Å². The number of rotatable bonds is 0. The van der Waals surface area contributed by atoms with E-state index < -0.39 is 0 Å². The monoisotopic (exact) mass is 143 g/mol. The summed E-state index contributed by atoms with van der Waals surface area (Å²) in [6.45, 7) is 1.31. The van der Waals surface area contributed by atoms with Crippen LogP contribution in [0.1, 0.15) is 6.92 Å². The molecule has 0 rings (SSSR count). The van der Waals surface area contributed by atoms with Crippen molar-refractivity contribution in [1.29, 1.82) is 0 Å². The molecule has 0 radical (unpaired) electrons. The molecule has 0 unspecified atom stereocenters. The molecule has 0 saturated heterocycles. The van der Waals surface area contributed by atoms with E-state index in [9.17, 15) is 4.79 Å². The van der Waals surface area contributed by atoms with Gasteiger partial charge in [0.25, 0.3) is 0 Å². The predicted octanol–water partition coefficient (Wildman–Crippen LogP) is 0.913.